The number of hydrogen-bond acceptors (Lipinski definition) is 7. The van der Waals surface area contributed by atoms with E-state index in [0.717, 1.165) is 5.69 Å². The molecule has 34 heavy (non-hydrogen) atoms. The number of carbonyl (C=O) groups is 2. The Kier molecular flexibility index (Phi) is 6.00. The fourth-order valence-corrected chi connectivity index (χ4v) is 3.82. The standard InChI is InChI=1S/C23H21N5O6/c1-13-19(22(29)34-3)21(25-23(30)24-13)16-12-27(15-7-5-4-6-8-15)26-20(16)14-9-10-18(33-2)17(11-14)28(31)32/h4-12,21H,1-3H3,(H2,24,25,30). The summed E-state index contributed by atoms with van der Waals surface area (Å²) in [7, 11) is 2.59. The zero-order valence-corrected chi connectivity index (χ0v) is 18.6. The van der Waals surface area contributed by atoms with E-state index >= 15 is 0 Å². The molecular weight excluding hydrogens is 442 g/mol. The topological polar surface area (TPSA) is 138 Å². The van der Waals surface area contributed by atoms with Gasteiger partial charge in [0, 0.05) is 29.1 Å². The molecule has 0 saturated carbocycles. The quantitative estimate of drug-likeness (QED) is 0.325. The number of aromatic nitrogens is 2. The second-order valence-corrected chi connectivity index (χ2v) is 7.42. The summed E-state index contributed by atoms with van der Waals surface area (Å²) in [6, 6.07) is 12.2. The van der Waals surface area contributed by atoms with Crippen LogP contribution in [0.1, 0.15) is 18.5 Å². The molecule has 0 bridgehead atoms. The number of benzene rings is 2. The lowest BCUT2D eigenvalue weighted by molar-refractivity contribution is -0.385. The van der Waals surface area contributed by atoms with E-state index in [9.17, 15) is 19.7 Å². The van der Waals surface area contributed by atoms with Crippen LogP contribution in [0.4, 0.5) is 10.5 Å². The number of para-hydroxylation sites is 1. The van der Waals surface area contributed by atoms with Gasteiger partial charge in [0.15, 0.2) is 5.75 Å². The maximum Gasteiger partial charge on any atom is 0.337 e. The van der Waals surface area contributed by atoms with Crippen LogP contribution in [0.5, 0.6) is 5.75 Å². The third-order valence-corrected chi connectivity index (χ3v) is 5.40. The molecule has 11 nitrogen and oxygen atoms in total. The van der Waals surface area contributed by atoms with Crippen molar-refractivity contribution >= 4 is 17.7 Å². The van der Waals surface area contributed by atoms with Crippen molar-refractivity contribution in [3.05, 3.63) is 81.7 Å². The van der Waals surface area contributed by atoms with E-state index in [-0.39, 0.29) is 17.0 Å². The number of nitro benzene ring substituents is 1. The summed E-state index contributed by atoms with van der Waals surface area (Å²) in [6.07, 6.45) is 1.67. The fraction of sp³-hybridized carbons (Fsp3) is 0.174. The molecule has 0 spiro atoms. The first kappa shape index (κ1) is 22.5. The Morgan fingerprint density at radius 1 is 1.18 bits per heavy atom. The second kappa shape index (κ2) is 9.06. The van der Waals surface area contributed by atoms with Crippen molar-refractivity contribution in [1.29, 1.82) is 0 Å². The monoisotopic (exact) mass is 463 g/mol. The molecule has 0 saturated heterocycles. The molecule has 2 amide bonds. The van der Waals surface area contributed by atoms with Crippen molar-refractivity contribution in [2.75, 3.05) is 14.2 Å². The molecule has 1 aromatic heterocycles. The number of allylic oxidation sites excluding steroid dienone is 1. The van der Waals surface area contributed by atoms with Crippen LogP contribution in [-0.4, -0.2) is 40.9 Å². The maximum atomic E-state index is 12.6. The molecule has 2 N–H and O–H groups in total. The Labute approximate surface area is 194 Å². The van der Waals surface area contributed by atoms with Gasteiger partial charge in [-0.15, -0.1) is 0 Å². The lowest BCUT2D eigenvalue weighted by Crippen LogP contribution is -2.45. The van der Waals surface area contributed by atoms with Gasteiger partial charge in [-0.05, 0) is 31.2 Å². The summed E-state index contributed by atoms with van der Waals surface area (Å²) in [6.45, 7) is 1.59. The molecule has 1 aliphatic rings. The van der Waals surface area contributed by atoms with Crippen LogP contribution < -0.4 is 15.4 Å². The van der Waals surface area contributed by atoms with Crippen molar-refractivity contribution in [3.8, 4) is 22.7 Å². The number of carbonyl (C=O) groups excluding carboxylic acids is 2. The largest absolute Gasteiger partial charge is 0.490 e. The molecule has 1 aliphatic heterocycles. The molecule has 1 unspecified atom stereocenters. The first-order valence-corrected chi connectivity index (χ1v) is 10.2. The summed E-state index contributed by atoms with van der Waals surface area (Å²) in [5.41, 5.74) is 2.22. The SMILES string of the molecule is COC(=O)C1=C(C)NC(=O)NC1c1cn(-c2ccccc2)nc1-c1ccc(OC)c([N+](=O)[O-])c1. The van der Waals surface area contributed by atoms with Crippen molar-refractivity contribution in [3.63, 3.8) is 0 Å². The van der Waals surface area contributed by atoms with E-state index in [1.807, 2.05) is 30.3 Å². The smallest absolute Gasteiger partial charge is 0.337 e. The highest BCUT2D eigenvalue weighted by atomic mass is 16.6. The van der Waals surface area contributed by atoms with Crippen LogP contribution in [0.3, 0.4) is 0 Å². The van der Waals surface area contributed by atoms with Crippen LogP contribution in [0, 0.1) is 10.1 Å². The van der Waals surface area contributed by atoms with E-state index in [1.165, 1.54) is 26.4 Å². The van der Waals surface area contributed by atoms with Crippen LogP contribution in [0.25, 0.3) is 16.9 Å². The number of nitrogens with one attached hydrogen (secondary N) is 2. The zero-order valence-electron chi connectivity index (χ0n) is 18.6. The highest BCUT2D eigenvalue weighted by Gasteiger charge is 2.35. The summed E-state index contributed by atoms with van der Waals surface area (Å²) < 4.78 is 11.6. The number of ether oxygens (including phenoxy) is 2. The van der Waals surface area contributed by atoms with Crippen LogP contribution >= 0.6 is 0 Å². The Hall–Kier alpha value is -4.67. The first-order valence-electron chi connectivity index (χ1n) is 10.2. The number of esters is 1. The summed E-state index contributed by atoms with van der Waals surface area (Å²) in [5, 5.41) is 21.6. The number of nitro groups is 1. The van der Waals surface area contributed by atoms with Crippen LogP contribution in [0.2, 0.25) is 0 Å². The molecule has 4 rings (SSSR count). The van der Waals surface area contributed by atoms with E-state index in [2.05, 4.69) is 15.7 Å². The molecule has 2 heterocycles. The Morgan fingerprint density at radius 3 is 2.56 bits per heavy atom. The van der Waals surface area contributed by atoms with Gasteiger partial charge in [-0.3, -0.25) is 10.1 Å². The van der Waals surface area contributed by atoms with Gasteiger partial charge in [-0.2, -0.15) is 5.10 Å². The summed E-state index contributed by atoms with van der Waals surface area (Å²) in [4.78, 5) is 36.0. The number of methoxy groups -OCH3 is 2. The van der Waals surface area contributed by atoms with E-state index in [1.54, 1.807) is 23.9 Å². The van der Waals surface area contributed by atoms with E-state index in [0.29, 0.717) is 22.5 Å². The van der Waals surface area contributed by atoms with Crippen molar-refractivity contribution < 1.29 is 24.0 Å². The van der Waals surface area contributed by atoms with Gasteiger partial charge in [0.1, 0.15) is 0 Å². The number of nitrogens with zero attached hydrogens (tertiary/aromatic N) is 3. The molecule has 0 fully saturated rings. The third-order valence-electron chi connectivity index (χ3n) is 5.40. The summed E-state index contributed by atoms with van der Waals surface area (Å²) >= 11 is 0. The van der Waals surface area contributed by atoms with Gasteiger partial charge in [-0.25, -0.2) is 14.3 Å². The number of urea groups is 1. The Balaban J connectivity index is 1.96. The minimum Gasteiger partial charge on any atom is -0.490 e. The first-order chi connectivity index (χ1) is 16.3. The predicted octanol–water partition coefficient (Wildman–Crippen LogP) is 3.26. The van der Waals surface area contributed by atoms with Crippen molar-refractivity contribution in [1.82, 2.24) is 20.4 Å². The fourth-order valence-electron chi connectivity index (χ4n) is 3.82. The lowest BCUT2D eigenvalue weighted by Gasteiger charge is -2.27. The second-order valence-electron chi connectivity index (χ2n) is 7.42. The van der Waals surface area contributed by atoms with Gasteiger partial charge in [-0.1, -0.05) is 18.2 Å². The zero-order chi connectivity index (χ0) is 24.4. The minimum atomic E-state index is -0.908. The Bertz CT molecular complexity index is 1310. The molecule has 0 aliphatic carbocycles. The van der Waals surface area contributed by atoms with Gasteiger partial charge in [0.25, 0.3) is 0 Å². The average Bonchev–Trinajstić information content (AvgIpc) is 3.28. The number of rotatable bonds is 6. The van der Waals surface area contributed by atoms with Crippen LogP contribution in [-0.2, 0) is 9.53 Å². The number of amides is 2. The normalized spacial score (nSPS) is 15.4. The van der Waals surface area contributed by atoms with Gasteiger partial charge in [0.2, 0.25) is 0 Å². The van der Waals surface area contributed by atoms with Crippen LogP contribution in [0.15, 0.2) is 66.0 Å². The molecule has 11 heteroatoms. The molecule has 174 valence electrons. The van der Waals surface area contributed by atoms with E-state index in [4.69, 9.17) is 9.47 Å². The van der Waals surface area contributed by atoms with Crippen molar-refractivity contribution in [2.45, 2.75) is 13.0 Å². The minimum absolute atomic E-state index is 0.0963. The van der Waals surface area contributed by atoms with E-state index < -0.39 is 23.0 Å². The number of hydrogen-bond donors (Lipinski definition) is 2. The van der Waals surface area contributed by atoms with Gasteiger partial charge >= 0.3 is 17.7 Å². The van der Waals surface area contributed by atoms with Gasteiger partial charge in [0.05, 0.1) is 42.1 Å². The highest BCUT2D eigenvalue weighted by Crippen LogP contribution is 2.38. The van der Waals surface area contributed by atoms with Crippen molar-refractivity contribution in [2.24, 2.45) is 0 Å². The molecule has 0 radical (unpaired) electrons. The molecule has 3 aromatic rings. The van der Waals surface area contributed by atoms with Gasteiger partial charge < -0.3 is 20.1 Å². The Morgan fingerprint density at radius 2 is 1.91 bits per heavy atom. The average molecular weight is 463 g/mol. The molecular formula is C23H21N5O6. The highest BCUT2D eigenvalue weighted by molar-refractivity contribution is 5.95. The molecule has 1 atom stereocenters. The third kappa shape index (κ3) is 4.06. The maximum absolute atomic E-state index is 12.6. The summed E-state index contributed by atoms with van der Waals surface area (Å²) in [5.74, 6) is -0.534. The lowest BCUT2D eigenvalue weighted by atomic mass is 9.93. The molecule has 2 aromatic carbocycles. The predicted molar refractivity (Wildman–Crippen MR) is 121 cm³/mol.